The lowest BCUT2D eigenvalue weighted by atomic mass is 10.2. The lowest BCUT2D eigenvalue weighted by Gasteiger charge is -2.13. The summed E-state index contributed by atoms with van der Waals surface area (Å²) in [6, 6.07) is 1.90. The second-order valence-corrected chi connectivity index (χ2v) is 4.98. The first kappa shape index (κ1) is 11.4. The lowest BCUT2D eigenvalue weighted by molar-refractivity contribution is 0.844. The van der Waals surface area contributed by atoms with Crippen molar-refractivity contribution >= 4 is 28.6 Å². The van der Waals surface area contributed by atoms with Crippen LogP contribution in [0.5, 0.6) is 0 Å². The third kappa shape index (κ3) is 2.51. The summed E-state index contributed by atoms with van der Waals surface area (Å²) in [5.74, 6) is 0. The summed E-state index contributed by atoms with van der Waals surface area (Å²) in [6.45, 7) is 4.05. The molecule has 1 atom stereocenters. The van der Waals surface area contributed by atoms with E-state index in [-0.39, 0.29) is 6.04 Å². The zero-order chi connectivity index (χ0) is 11.5. The summed E-state index contributed by atoms with van der Waals surface area (Å²) in [5, 5.41) is 7.09. The molecule has 0 spiro atoms. The standard InChI is InChI=1S/C11H12ClN3S/c1-7(11-6-16-8(2)15-11)14-10-5-13-4-3-9(10)12/h3-7,14H,1-2H3. The highest BCUT2D eigenvalue weighted by atomic mass is 35.5. The predicted octanol–water partition coefficient (Wildman–Crippen LogP) is 3.67. The normalized spacial score (nSPS) is 12.4. The first-order valence-electron chi connectivity index (χ1n) is 4.95. The quantitative estimate of drug-likeness (QED) is 0.907. The Bertz CT molecular complexity index is 484. The number of hydrogen-bond donors (Lipinski definition) is 1. The van der Waals surface area contributed by atoms with Gasteiger partial charge in [-0.2, -0.15) is 0 Å². The summed E-state index contributed by atoms with van der Waals surface area (Å²) in [4.78, 5) is 8.46. The first-order chi connectivity index (χ1) is 7.66. The van der Waals surface area contributed by atoms with Crippen molar-refractivity contribution in [3.05, 3.63) is 39.6 Å². The van der Waals surface area contributed by atoms with Crippen LogP contribution >= 0.6 is 22.9 Å². The molecule has 0 fully saturated rings. The van der Waals surface area contributed by atoms with Crippen LogP contribution in [0.25, 0.3) is 0 Å². The van der Waals surface area contributed by atoms with Crippen LogP contribution in [0.2, 0.25) is 5.02 Å². The van der Waals surface area contributed by atoms with Gasteiger partial charge in [0.1, 0.15) is 0 Å². The molecule has 1 N–H and O–H groups in total. The third-order valence-electron chi connectivity index (χ3n) is 2.22. The first-order valence-corrected chi connectivity index (χ1v) is 6.20. The highest BCUT2D eigenvalue weighted by Crippen LogP contribution is 2.25. The van der Waals surface area contributed by atoms with Gasteiger partial charge >= 0.3 is 0 Å². The van der Waals surface area contributed by atoms with Crippen molar-refractivity contribution in [2.75, 3.05) is 5.32 Å². The van der Waals surface area contributed by atoms with Crippen LogP contribution in [0.1, 0.15) is 23.7 Å². The van der Waals surface area contributed by atoms with Crippen LogP contribution in [0, 0.1) is 6.92 Å². The summed E-state index contributed by atoms with van der Waals surface area (Å²) in [5.41, 5.74) is 1.87. The van der Waals surface area contributed by atoms with E-state index >= 15 is 0 Å². The third-order valence-corrected chi connectivity index (χ3v) is 3.34. The Morgan fingerprint density at radius 3 is 2.94 bits per heavy atom. The van der Waals surface area contributed by atoms with Crippen molar-refractivity contribution in [1.82, 2.24) is 9.97 Å². The minimum atomic E-state index is 0.131. The monoisotopic (exact) mass is 253 g/mol. The molecule has 5 heteroatoms. The lowest BCUT2D eigenvalue weighted by Crippen LogP contribution is -2.07. The molecule has 0 aliphatic rings. The molecule has 2 aromatic heterocycles. The van der Waals surface area contributed by atoms with Crippen LogP contribution in [-0.2, 0) is 0 Å². The van der Waals surface area contributed by atoms with E-state index in [1.165, 1.54) is 0 Å². The minimum absolute atomic E-state index is 0.131. The molecule has 84 valence electrons. The number of thiazole rings is 1. The number of aryl methyl sites for hydroxylation is 1. The van der Waals surface area contributed by atoms with Gasteiger partial charge in [0.15, 0.2) is 0 Å². The van der Waals surface area contributed by atoms with Gasteiger partial charge in [0.25, 0.3) is 0 Å². The van der Waals surface area contributed by atoms with Crippen LogP contribution < -0.4 is 5.32 Å². The van der Waals surface area contributed by atoms with E-state index in [2.05, 4.69) is 27.6 Å². The topological polar surface area (TPSA) is 37.8 Å². The number of hydrogen-bond acceptors (Lipinski definition) is 4. The van der Waals surface area contributed by atoms with E-state index in [1.807, 2.05) is 6.92 Å². The van der Waals surface area contributed by atoms with Gasteiger partial charge in [-0.25, -0.2) is 4.98 Å². The SMILES string of the molecule is Cc1nc(C(C)Nc2cnccc2Cl)cs1. The molecule has 16 heavy (non-hydrogen) atoms. The maximum atomic E-state index is 6.04. The minimum Gasteiger partial charge on any atom is -0.374 e. The van der Waals surface area contributed by atoms with Crippen molar-refractivity contribution < 1.29 is 0 Å². The highest BCUT2D eigenvalue weighted by Gasteiger charge is 2.10. The Morgan fingerprint density at radius 2 is 2.31 bits per heavy atom. The largest absolute Gasteiger partial charge is 0.374 e. The molecule has 2 heterocycles. The molecule has 0 saturated heterocycles. The van der Waals surface area contributed by atoms with Gasteiger partial charge in [0.05, 0.1) is 33.7 Å². The van der Waals surface area contributed by atoms with E-state index < -0.39 is 0 Å². The average Bonchev–Trinajstić information content (AvgIpc) is 2.68. The van der Waals surface area contributed by atoms with Crippen molar-refractivity contribution in [1.29, 1.82) is 0 Å². The van der Waals surface area contributed by atoms with E-state index in [0.717, 1.165) is 16.4 Å². The van der Waals surface area contributed by atoms with E-state index in [4.69, 9.17) is 11.6 Å². The van der Waals surface area contributed by atoms with Crippen LogP contribution in [0.3, 0.4) is 0 Å². The summed E-state index contributed by atoms with van der Waals surface area (Å²) < 4.78 is 0. The molecular weight excluding hydrogens is 242 g/mol. The van der Waals surface area contributed by atoms with Crippen molar-refractivity contribution in [2.24, 2.45) is 0 Å². The molecule has 3 nitrogen and oxygen atoms in total. The van der Waals surface area contributed by atoms with Crippen LogP contribution in [-0.4, -0.2) is 9.97 Å². The molecule has 2 aromatic rings. The number of rotatable bonds is 3. The Morgan fingerprint density at radius 1 is 1.50 bits per heavy atom. The number of halogens is 1. The molecule has 2 rings (SSSR count). The van der Waals surface area contributed by atoms with Gasteiger partial charge in [-0.3, -0.25) is 4.98 Å². The average molecular weight is 254 g/mol. The Balaban J connectivity index is 2.13. The molecule has 0 saturated carbocycles. The second kappa shape index (κ2) is 4.80. The van der Waals surface area contributed by atoms with Gasteiger partial charge in [0, 0.05) is 11.6 Å². The molecule has 0 aliphatic carbocycles. The van der Waals surface area contributed by atoms with E-state index in [0.29, 0.717) is 5.02 Å². The van der Waals surface area contributed by atoms with E-state index in [9.17, 15) is 0 Å². The maximum absolute atomic E-state index is 6.04. The molecular formula is C11H12ClN3S. The predicted molar refractivity (Wildman–Crippen MR) is 68.1 cm³/mol. The Kier molecular flexibility index (Phi) is 3.41. The Labute approximate surface area is 104 Å². The van der Waals surface area contributed by atoms with Crippen molar-refractivity contribution in [3.8, 4) is 0 Å². The van der Waals surface area contributed by atoms with E-state index in [1.54, 1.807) is 29.8 Å². The number of nitrogens with one attached hydrogen (secondary N) is 1. The van der Waals surface area contributed by atoms with Crippen LogP contribution in [0.4, 0.5) is 5.69 Å². The number of nitrogens with zero attached hydrogens (tertiary/aromatic N) is 2. The van der Waals surface area contributed by atoms with Gasteiger partial charge < -0.3 is 5.32 Å². The van der Waals surface area contributed by atoms with Crippen LogP contribution in [0.15, 0.2) is 23.8 Å². The fraction of sp³-hybridized carbons (Fsp3) is 0.273. The van der Waals surface area contributed by atoms with Gasteiger partial charge in [0.2, 0.25) is 0 Å². The highest BCUT2D eigenvalue weighted by molar-refractivity contribution is 7.09. The van der Waals surface area contributed by atoms with Gasteiger partial charge in [-0.1, -0.05) is 11.6 Å². The smallest absolute Gasteiger partial charge is 0.0898 e. The van der Waals surface area contributed by atoms with Gasteiger partial charge in [-0.15, -0.1) is 11.3 Å². The fourth-order valence-electron chi connectivity index (χ4n) is 1.37. The molecule has 0 bridgehead atoms. The number of anilines is 1. The summed E-state index contributed by atoms with van der Waals surface area (Å²) >= 11 is 7.69. The molecule has 0 radical (unpaired) electrons. The molecule has 0 aliphatic heterocycles. The van der Waals surface area contributed by atoms with Crippen molar-refractivity contribution in [3.63, 3.8) is 0 Å². The summed E-state index contributed by atoms with van der Waals surface area (Å²) in [6.07, 6.45) is 3.39. The molecule has 0 amide bonds. The van der Waals surface area contributed by atoms with Gasteiger partial charge in [-0.05, 0) is 19.9 Å². The molecule has 0 aromatic carbocycles. The second-order valence-electron chi connectivity index (χ2n) is 3.51. The molecule has 1 unspecified atom stereocenters. The zero-order valence-corrected chi connectivity index (χ0v) is 10.6. The fourth-order valence-corrected chi connectivity index (χ4v) is 2.24. The number of aromatic nitrogens is 2. The number of pyridine rings is 1. The maximum Gasteiger partial charge on any atom is 0.0898 e. The van der Waals surface area contributed by atoms with Crippen molar-refractivity contribution in [2.45, 2.75) is 19.9 Å². The Hall–Kier alpha value is -1.13. The summed E-state index contributed by atoms with van der Waals surface area (Å²) in [7, 11) is 0. The zero-order valence-electron chi connectivity index (χ0n) is 9.07.